The van der Waals surface area contributed by atoms with Crippen LogP contribution in [-0.4, -0.2) is 13.4 Å². The first kappa shape index (κ1) is 17.4. The van der Waals surface area contributed by atoms with Crippen molar-refractivity contribution in [3.63, 3.8) is 0 Å². The fourth-order valence-corrected chi connectivity index (χ4v) is 3.57. The fourth-order valence-electron chi connectivity index (χ4n) is 2.14. The molecule has 2 aromatic carbocycles. The summed E-state index contributed by atoms with van der Waals surface area (Å²) in [5.74, 6) is -0.802. The van der Waals surface area contributed by atoms with Gasteiger partial charge >= 0.3 is 11.9 Å². The van der Waals surface area contributed by atoms with Crippen LogP contribution in [0.2, 0.25) is 5.02 Å². The van der Waals surface area contributed by atoms with Gasteiger partial charge in [-0.2, -0.15) is 13.2 Å². The molecule has 6 nitrogen and oxygen atoms in total. The minimum Gasteiger partial charge on any atom is -0.406 e. The highest BCUT2D eigenvalue weighted by atomic mass is 35.5. The van der Waals surface area contributed by atoms with Crippen molar-refractivity contribution in [2.75, 3.05) is 4.72 Å². The molecule has 0 aliphatic rings. The van der Waals surface area contributed by atoms with E-state index in [4.69, 9.17) is 16.0 Å². The average Bonchev–Trinajstić information content (AvgIpc) is 2.87. The van der Waals surface area contributed by atoms with Gasteiger partial charge in [-0.05, 0) is 30.3 Å². The molecule has 0 spiro atoms. The van der Waals surface area contributed by atoms with E-state index in [0.717, 1.165) is 6.07 Å². The third-order valence-corrected chi connectivity index (χ3v) is 4.76. The molecule has 0 atom stereocenters. The monoisotopic (exact) mass is 392 g/mol. The number of rotatable bonds is 3. The number of sulfonamides is 1. The molecule has 0 radical (unpaired) electrons. The summed E-state index contributed by atoms with van der Waals surface area (Å²) in [6.07, 6.45) is -4.76. The van der Waals surface area contributed by atoms with Crippen molar-refractivity contribution < 1.29 is 26.0 Å². The largest absolute Gasteiger partial charge is 0.417 e. The van der Waals surface area contributed by atoms with E-state index in [-0.39, 0.29) is 21.8 Å². The second-order valence-electron chi connectivity index (χ2n) is 4.98. The van der Waals surface area contributed by atoms with Gasteiger partial charge in [0.1, 0.15) is 0 Å². The van der Waals surface area contributed by atoms with Gasteiger partial charge < -0.3 is 4.42 Å². The van der Waals surface area contributed by atoms with E-state index in [1.165, 1.54) is 18.2 Å². The molecule has 0 saturated heterocycles. The minimum absolute atomic E-state index is 0.0749. The molecule has 3 aromatic rings. The summed E-state index contributed by atoms with van der Waals surface area (Å²) in [6.45, 7) is 0. The number of hydrogen-bond acceptors (Lipinski definition) is 4. The van der Waals surface area contributed by atoms with Crippen LogP contribution in [0.5, 0.6) is 0 Å². The molecule has 0 saturated carbocycles. The summed E-state index contributed by atoms with van der Waals surface area (Å²) in [5.41, 5.74) is -1.16. The number of halogens is 4. The number of benzene rings is 2. The van der Waals surface area contributed by atoms with E-state index in [0.29, 0.717) is 12.1 Å². The molecular weight excluding hydrogens is 385 g/mol. The molecule has 0 aliphatic heterocycles. The van der Waals surface area contributed by atoms with E-state index in [1.54, 1.807) is 0 Å². The van der Waals surface area contributed by atoms with Crippen molar-refractivity contribution >= 4 is 38.4 Å². The lowest BCUT2D eigenvalue weighted by molar-refractivity contribution is -0.137. The highest BCUT2D eigenvalue weighted by Gasteiger charge is 2.32. The summed E-state index contributed by atoms with van der Waals surface area (Å²) in [5, 5.41) is -0.387. The molecule has 2 N–H and O–H groups in total. The van der Waals surface area contributed by atoms with E-state index in [1.807, 2.05) is 0 Å². The van der Waals surface area contributed by atoms with Crippen LogP contribution < -0.4 is 10.5 Å². The number of anilines is 1. The number of aromatic amines is 1. The highest BCUT2D eigenvalue weighted by Crippen LogP contribution is 2.33. The molecule has 3 rings (SSSR count). The van der Waals surface area contributed by atoms with Crippen molar-refractivity contribution in [2.24, 2.45) is 0 Å². The standard InChI is InChI=1S/C14H8ClF3N2O4S/c15-8-4-7(14(16,17)18)5-9(6-8)25(22,23)20-11-3-1-2-10-12(11)24-13(21)19-10/h1-6,20H,(H,19,21). The Bertz CT molecular complexity index is 1120. The number of para-hydroxylation sites is 1. The Labute approximate surface area is 143 Å². The Morgan fingerprint density at radius 3 is 2.56 bits per heavy atom. The maximum Gasteiger partial charge on any atom is 0.417 e. The molecule has 0 bridgehead atoms. The van der Waals surface area contributed by atoms with Gasteiger partial charge in [-0.25, -0.2) is 13.2 Å². The van der Waals surface area contributed by atoms with Gasteiger partial charge in [0, 0.05) is 5.02 Å². The normalized spacial score (nSPS) is 12.5. The number of hydrogen-bond donors (Lipinski definition) is 2. The average molecular weight is 393 g/mol. The van der Waals surface area contributed by atoms with Gasteiger partial charge in [-0.3, -0.25) is 9.71 Å². The van der Waals surface area contributed by atoms with Crippen LogP contribution in [0.25, 0.3) is 11.1 Å². The quantitative estimate of drug-likeness (QED) is 0.712. The molecule has 0 amide bonds. The first-order valence-corrected chi connectivity index (χ1v) is 8.45. The van der Waals surface area contributed by atoms with E-state index in [9.17, 15) is 26.4 Å². The molecule has 0 fully saturated rings. The lowest BCUT2D eigenvalue weighted by Gasteiger charge is -2.12. The Kier molecular flexibility index (Phi) is 4.04. The zero-order chi connectivity index (χ0) is 18.4. The molecule has 1 heterocycles. The predicted molar refractivity (Wildman–Crippen MR) is 84.1 cm³/mol. The van der Waals surface area contributed by atoms with Crippen LogP contribution >= 0.6 is 11.6 Å². The van der Waals surface area contributed by atoms with Gasteiger partial charge in [0.25, 0.3) is 10.0 Å². The van der Waals surface area contributed by atoms with Crippen LogP contribution in [-0.2, 0) is 16.2 Å². The molecular formula is C14H8ClF3N2O4S. The summed E-state index contributed by atoms with van der Waals surface area (Å²) >= 11 is 5.61. The van der Waals surface area contributed by atoms with Gasteiger partial charge in [0.15, 0.2) is 5.58 Å². The maximum absolute atomic E-state index is 12.8. The van der Waals surface area contributed by atoms with Crippen LogP contribution in [0.4, 0.5) is 18.9 Å². The smallest absolute Gasteiger partial charge is 0.406 e. The third-order valence-electron chi connectivity index (χ3n) is 3.20. The van der Waals surface area contributed by atoms with Crippen molar-refractivity contribution in [1.82, 2.24) is 4.98 Å². The molecule has 0 unspecified atom stereocenters. The van der Waals surface area contributed by atoms with Crippen LogP contribution in [0.15, 0.2) is 50.5 Å². The lowest BCUT2D eigenvalue weighted by atomic mass is 10.2. The molecule has 132 valence electrons. The number of alkyl halides is 3. The zero-order valence-electron chi connectivity index (χ0n) is 12.0. The van der Waals surface area contributed by atoms with E-state index < -0.39 is 32.4 Å². The molecule has 0 aliphatic carbocycles. The summed E-state index contributed by atoms with van der Waals surface area (Å²) in [6, 6.07) is 6.16. The fraction of sp³-hybridized carbons (Fsp3) is 0.0714. The van der Waals surface area contributed by atoms with Gasteiger partial charge in [-0.1, -0.05) is 17.7 Å². The van der Waals surface area contributed by atoms with Crippen molar-refractivity contribution in [3.8, 4) is 0 Å². The Morgan fingerprint density at radius 1 is 1.16 bits per heavy atom. The third kappa shape index (κ3) is 3.49. The van der Waals surface area contributed by atoms with Crippen LogP contribution in [0.1, 0.15) is 5.56 Å². The SMILES string of the molecule is O=c1[nH]c2cccc(NS(=O)(=O)c3cc(Cl)cc(C(F)(F)F)c3)c2o1. The first-order chi connectivity index (χ1) is 11.6. The second-order valence-corrected chi connectivity index (χ2v) is 7.09. The Morgan fingerprint density at radius 2 is 1.88 bits per heavy atom. The molecule has 1 aromatic heterocycles. The first-order valence-electron chi connectivity index (χ1n) is 6.59. The van der Waals surface area contributed by atoms with E-state index in [2.05, 4.69) is 9.71 Å². The summed E-state index contributed by atoms with van der Waals surface area (Å²) in [7, 11) is -4.41. The van der Waals surface area contributed by atoms with Crippen LogP contribution in [0, 0.1) is 0 Å². The van der Waals surface area contributed by atoms with Crippen molar-refractivity contribution in [1.29, 1.82) is 0 Å². The number of oxazole rings is 1. The Balaban J connectivity index is 2.08. The highest BCUT2D eigenvalue weighted by molar-refractivity contribution is 7.92. The lowest BCUT2D eigenvalue weighted by Crippen LogP contribution is -2.15. The minimum atomic E-state index is -4.76. The van der Waals surface area contributed by atoms with Crippen molar-refractivity contribution in [3.05, 3.63) is 57.5 Å². The number of H-pyrrole nitrogens is 1. The van der Waals surface area contributed by atoms with Gasteiger partial charge in [0.05, 0.1) is 21.7 Å². The topological polar surface area (TPSA) is 92.2 Å². The molecule has 11 heteroatoms. The summed E-state index contributed by atoms with van der Waals surface area (Å²) in [4.78, 5) is 12.9. The maximum atomic E-state index is 12.8. The Hall–Kier alpha value is -2.46. The summed E-state index contributed by atoms with van der Waals surface area (Å²) < 4.78 is 70.3. The molecule has 25 heavy (non-hydrogen) atoms. The zero-order valence-corrected chi connectivity index (χ0v) is 13.6. The van der Waals surface area contributed by atoms with Gasteiger partial charge in [-0.15, -0.1) is 0 Å². The number of fused-ring (bicyclic) bond motifs is 1. The van der Waals surface area contributed by atoms with Gasteiger partial charge in [0.2, 0.25) is 0 Å². The predicted octanol–water partition coefficient (Wildman–Crippen LogP) is 3.59. The van der Waals surface area contributed by atoms with Crippen LogP contribution in [0.3, 0.4) is 0 Å². The van der Waals surface area contributed by atoms with E-state index >= 15 is 0 Å². The second kappa shape index (κ2) is 5.81. The number of aromatic nitrogens is 1. The number of nitrogens with one attached hydrogen (secondary N) is 2. The van der Waals surface area contributed by atoms with Crippen molar-refractivity contribution in [2.45, 2.75) is 11.1 Å².